The third-order valence-corrected chi connectivity index (χ3v) is 3.58. The Morgan fingerprint density at radius 3 is 2.50 bits per heavy atom. The van der Waals surface area contributed by atoms with Crippen molar-refractivity contribution in [2.45, 2.75) is 26.3 Å². The number of rotatable bonds is 6. The van der Waals surface area contributed by atoms with Crippen molar-refractivity contribution in [3.8, 4) is 0 Å². The maximum Gasteiger partial charge on any atom is 0.191 e. The molecule has 0 radical (unpaired) electrons. The quantitative estimate of drug-likeness (QED) is 0.623. The van der Waals surface area contributed by atoms with E-state index in [0.29, 0.717) is 6.54 Å². The number of hydrogen-bond acceptors (Lipinski definition) is 3. The van der Waals surface area contributed by atoms with Gasteiger partial charge in [0.2, 0.25) is 0 Å². The molecule has 6 heteroatoms. The molecule has 22 heavy (non-hydrogen) atoms. The van der Waals surface area contributed by atoms with Gasteiger partial charge in [0.15, 0.2) is 5.96 Å². The molecule has 0 spiro atoms. The molecule has 2 aromatic rings. The number of guanidine groups is 1. The lowest BCUT2D eigenvalue weighted by molar-refractivity contribution is 0.672. The van der Waals surface area contributed by atoms with Crippen LogP contribution in [-0.2, 0) is 26.4 Å². The zero-order chi connectivity index (χ0) is 15.8. The Kier molecular flexibility index (Phi) is 5.94. The highest BCUT2D eigenvalue weighted by Gasteiger charge is 2.02. The lowest BCUT2D eigenvalue weighted by atomic mass is 10.1. The predicted molar refractivity (Wildman–Crippen MR) is 88.7 cm³/mol. The van der Waals surface area contributed by atoms with Crippen molar-refractivity contribution in [2.24, 2.45) is 12.0 Å². The SMILES string of the molecule is CCc1ccc(CCNC(=NC)NCc2ncnn2C)cc1. The Balaban J connectivity index is 1.75. The standard InChI is InChI=1S/C16H24N6/c1-4-13-5-7-14(8-6-13)9-10-18-16(17-2)19-11-15-20-12-21-22(15)3/h5-8,12H,4,9-11H2,1-3H3,(H2,17,18,19). The van der Waals surface area contributed by atoms with Crippen LogP contribution in [0.4, 0.5) is 0 Å². The van der Waals surface area contributed by atoms with E-state index in [1.807, 2.05) is 7.05 Å². The first-order valence-corrected chi connectivity index (χ1v) is 7.58. The van der Waals surface area contributed by atoms with Crippen LogP contribution in [0.25, 0.3) is 0 Å². The minimum absolute atomic E-state index is 0.599. The highest BCUT2D eigenvalue weighted by molar-refractivity contribution is 5.79. The normalized spacial score (nSPS) is 11.5. The van der Waals surface area contributed by atoms with Crippen LogP contribution in [-0.4, -0.2) is 34.3 Å². The first kappa shape index (κ1) is 16.0. The fourth-order valence-electron chi connectivity index (χ4n) is 2.13. The minimum atomic E-state index is 0.599. The lowest BCUT2D eigenvalue weighted by Crippen LogP contribution is -2.38. The van der Waals surface area contributed by atoms with E-state index in [0.717, 1.165) is 31.2 Å². The maximum absolute atomic E-state index is 4.21. The fraction of sp³-hybridized carbons (Fsp3) is 0.438. The molecule has 118 valence electrons. The zero-order valence-corrected chi connectivity index (χ0v) is 13.5. The van der Waals surface area contributed by atoms with E-state index in [9.17, 15) is 0 Å². The second-order valence-electron chi connectivity index (χ2n) is 5.07. The Hall–Kier alpha value is -2.37. The van der Waals surface area contributed by atoms with Crippen LogP contribution in [0.5, 0.6) is 0 Å². The van der Waals surface area contributed by atoms with Gasteiger partial charge in [0.25, 0.3) is 0 Å². The molecule has 6 nitrogen and oxygen atoms in total. The number of aromatic nitrogens is 3. The zero-order valence-electron chi connectivity index (χ0n) is 13.5. The number of hydrogen-bond donors (Lipinski definition) is 2. The minimum Gasteiger partial charge on any atom is -0.356 e. The third kappa shape index (κ3) is 4.58. The molecule has 0 aliphatic carbocycles. The molecule has 0 unspecified atom stereocenters. The fourth-order valence-corrected chi connectivity index (χ4v) is 2.13. The molecule has 1 aromatic carbocycles. The summed E-state index contributed by atoms with van der Waals surface area (Å²) < 4.78 is 1.75. The van der Waals surface area contributed by atoms with Crippen LogP contribution in [0, 0.1) is 0 Å². The van der Waals surface area contributed by atoms with E-state index in [-0.39, 0.29) is 0 Å². The monoisotopic (exact) mass is 300 g/mol. The van der Waals surface area contributed by atoms with Crippen LogP contribution in [0.15, 0.2) is 35.6 Å². The summed E-state index contributed by atoms with van der Waals surface area (Å²) in [7, 11) is 3.64. The summed E-state index contributed by atoms with van der Waals surface area (Å²) >= 11 is 0. The van der Waals surface area contributed by atoms with Gasteiger partial charge in [-0.2, -0.15) is 5.10 Å². The van der Waals surface area contributed by atoms with E-state index in [2.05, 4.69) is 56.9 Å². The van der Waals surface area contributed by atoms with Gasteiger partial charge in [-0.1, -0.05) is 31.2 Å². The van der Waals surface area contributed by atoms with Crippen molar-refractivity contribution < 1.29 is 0 Å². The highest BCUT2D eigenvalue weighted by Crippen LogP contribution is 2.05. The van der Waals surface area contributed by atoms with E-state index in [1.54, 1.807) is 18.1 Å². The molecule has 0 bridgehead atoms. The van der Waals surface area contributed by atoms with Crippen molar-refractivity contribution in [3.63, 3.8) is 0 Å². The summed E-state index contributed by atoms with van der Waals surface area (Å²) in [6.07, 6.45) is 3.60. The first-order chi connectivity index (χ1) is 10.7. The predicted octanol–water partition coefficient (Wildman–Crippen LogP) is 1.29. The van der Waals surface area contributed by atoms with Crippen molar-refractivity contribution in [1.82, 2.24) is 25.4 Å². The van der Waals surface area contributed by atoms with Gasteiger partial charge in [-0.05, 0) is 24.0 Å². The molecule has 0 aliphatic rings. The van der Waals surface area contributed by atoms with Crippen LogP contribution >= 0.6 is 0 Å². The molecule has 0 amide bonds. The molecule has 1 heterocycles. The van der Waals surface area contributed by atoms with Gasteiger partial charge in [0, 0.05) is 20.6 Å². The van der Waals surface area contributed by atoms with Crippen molar-refractivity contribution in [2.75, 3.05) is 13.6 Å². The van der Waals surface area contributed by atoms with E-state index in [1.165, 1.54) is 11.1 Å². The summed E-state index contributed by atoms with van der Waals surface area (Å²) in [6, 6.07) is 8.76. The van der Waals surface area contributed by atoms with Crippen molar-refractivity contribution >= 4 is 5.96 Å². The molecule has 2 rings (SSSR count). The number of aliphatic imine (C=N–C) groups is 1. The Morgan fingerprint density at radius 1 is 1.18 bits per heavy atom. The van der Waals surface area contributed by atoms with Gasteiger partial charge in [-0.3, -0.25) is 9.67 Å². The Bertz CT molecular complexity index is 599. The Morgan fingerprint density at radius 2 is 1.91 bits per heavy atom. The summed E-state index contributed by atoms with van der Waals surface area (Å²) in [5.41, 5.74) is 2.70. The van der Waals surface area contributed by atoms with Gasteiger partial charge < -0.3 is 10.6 Å². The smallest absolute Gasteiger partial charge is 0.191 e. The van der Waals surface area contributed by atoms with Gasteiger partial charge in [0.05, 0.1) is 6.54 Å². The largest absolute Gasteiger partial charge is 0.356 e. The Labute approximate surface area is 131 Å². The van der Waals surface area contributed by atoms with E-state index >= 15 is 0 Å². The number of aryl methyl sites for hydroxylation is 2. The molecule has 2 N–H and O–H groups in total. The summed E-state index contributed by atoms with van der Waals surface area (Å²) in [5, 5.41) is 10.6. The molecule has 0 aliphatic heterocycles. The second-order valence-corrected chi connectivity index (χ2v) is 5.07. The van der Waals surface area contributed by atoms with Crippen LogP contribution in [0.2, 0.25) is 0 Å². The van der Waals surface area contributed by atoms with Crippen LogP contribution in [0.1, 0.15) is 23.9 Å². The number of nitrogens with zero attached hydrogens (tertiary/aromatic N) is 4. The van der Waals surface area contributed by atoms with Crippen LogP contribution < -0.4 is 10.6 Å². The van der Waals surface area contributed by atoms with E-state index < -0.39 is 0 Å². The van der Waals surface area contributed by atoms with E-state index in [4.69, 9.17) is 0 Å². The van der Waals surface area contributed by atoms with Gasteiger partial charge in [-0.25, -0.2) is 4.98 Å². The maximum atomic E-state index is 4.21. The topological polar surface area (TPSA) is 67.1 Å². The molecule has 0 fully saturated rings. The van der Waals surface area contributed by atoms with Gasteiger partial charge in [0.1, 0.15) is 12.2 Å². The number of nitrogens with one attached hydrogen (secondary N) is 2. The first-order valence-electron chi connectivity index (χ1n) is 7.58. The molecule has 1 aromatic heterocycles. The second kappa shape index (κ2) is 8.17. The molecule has 0 saturated heterocycles. The average Bonchev–Trinajstić information content (AvgIpc) is 2.96. The summed E-state index contributed by atoms with van der Waals surface area (Å²) in [4.78, 5) is 8.39. The van der Waals surface area contributed by atoms with Crippen molar-refractivity contribution in [1.29, 1.82) is 0 Å². The summed E-state index contributed by atoms with van der Waals surface area (Å²) in [6.45, 7) is 3.61. The highest BCUT2D eigenvalue weighted by atomic mass is 15.3. The molecule has 0 saturated carbocycles. The van der Waals surface area contributed by atoms with Gasteiger partial charge in [-0.15, -0.1) is 0 Å². The molecular formula is C16H24N6. The molecular weight excluding hydrogens is 276 g/mol. The van der Waals surface area contributed by atoms with Crippen LogP contribution in [0.3, 0.4) is 0 Å². The lowest BCUT2D eigenvalue weighted by Gasteiger charge is -2.11. The van der Waals surface area contributed by atoms with Gasteiger partial charge >= 0.3 is 0 Å². The molecule has 0 atom stereocenters. The van der Waals surface area contributed by atoms with Crippen molar-refractivity contribution in [3.05, 3.63) is 47.5 Å². The average molecular weight is 300 g/mol. The summed E-state index contributed by atoms with van der Waals surface area (Å²) in [5.74, 6) is 1.64. The number of benzene rings is 1. The third-order valence-electron chi connectivity index (χ3n) is 3.58.